The predicted molar refractivity (Wildman–Crippen MR) is 86.6 cm³/mol. The molecule has 1 aromatic carbocycles. The van der Waals surface area contributed by atoms with E-state index in [2.05, 4.69) is 55.8 Å². The highest BCUT2D eigenvalue weighted by atomic mass is 15.2. The van der Waals surface area contributed by atoms with Crippen molar-refractivity contribution in [3.63, 3.8) is 0 Å². The number of fused-ring (bicyclic) bond motifs is 2. The second kappa shape index (κ2) is 5.08. The molecule has 1 aliphatic rings. The number of pyridine rings is 1. The Morgan fingerprint density at radius 2 is 1.95 bits per heavy atom. The predicted octanol–water partition coefficient (Wildman–Crippen LogP) is 4.52. The molecule has 0 aliphatic carbocycles. The normalized spacial score (nSPS) is 15.2. The monoisotopic (exact) mass is 268 g/mol. The summed E-state index contributed by atoms with van der Waals surface area (Å²) in [6, 6.07) is 7.42. The zero-order valence-corrected chi connectivity index (χ0v) is 13.0. The smallest absolute Gasteiger partial charge is 0.0709 e. The van der Waals surface area contributed by atoms with Crippen LogP contribution in [0.1, 0.15) is 51.2 Å². The van der Waals surface area contributed by atoms with Crippen LogP contribution in [0, 0.1) is 0 Å². The fourth-order valence-corrected chi connectivity index (χ4v) is 3.31. The van der Waals surface area contributed by atoms with Crippen LogP contribution < -0.4 is 4.90 Å². The Morgan fingerprint density at radius 3 is 2.65 bits per heavy atom. The molecule has 0 spiro atoms. The third-order valence-corrected chi connectivity index (χ3v) is 4.38. The lowest BCUT2D eigenvalue weighted by atomic mass is 9.93. The Morgan fingerprint density at radius 1 is 1.15 bits per heavy atom. The molecule has 0 atom stereocenters. The van der Waals surface area contributed by atoms with Crippen molar-refractivity contribution in [3.8, 4) is 0 Å². The van der Waals surface area contributed by atoms with Gasteiger partial charge in [-0.05, 0) is 61.9 Å². The molecular formula is C18H24N2. The summed E-state index contributed by atoms with van der Waals surface area (Å²) in [5, 5.41) is 1.33. The number of nitrogens with zero attached hydrogens (tertiary/aromatic N) is 2. The van der Waals surface area contributed by atoms with E-state index in [0.717, 1.165) is 5.52 Å². The Bertz CT molecular complexity index is 629. The van der Waals surface area contributed by atoms with Crippen LogP contribution in [0.4, 0.5) is 5.69 Å². The lowest BCUT2D eigenvalue weighted by Crippen LogP contribution is -2.35. The molecule has 3 rings (SSSR count). The van der Waals surface area contributed by atoms with E-state index in [9.17, 15) is 0 Å². The molecule has 0 N–H and O–H groups in total. The lowest BCUT2D eigenvalue weighted by Gasteiger charge is -2.35. The van der Waals surface area contributed by atoms with Crippen molar-refractivity contribution in [3.05, 3.63) is 35.5 Å². The van der Waals surface area contributed by atoms with Crippen molar-refractivity contribution in [2.45, 2.75) is 52.5 Å². The summed E-state index contributed by atoms with van der Waals surface area (Å²) in [5.74, 6) is 0.537. The number of hydrogen-bond acceptors (Lipinski definition) is 2. The van der Waals surface area contributed by atoms with E-state index in [1.807, 2.05) is 6.20 Å². The largest absolute Gasteiger partial charge is 0.369 e. The van der Waals surface area contributed by atoms with Crippen LogP contribution in [0.25, 0.3) is 10.9 Å². The van der Waals surface area contributed by atoms with E-state index in [4.69, 9.17) is 0 Å². The SMILES string of the molecule is CC(C)c1ccnc2cc3c(cc12)N(C(C)C)CCC3. The highest BCUT2D eigenvalue weighted by Gasteiger charge is 2.20. The van der Waals surface area contributed by atoms with E-state index < -0.39 is 0 Å². The molecule has 1 aliphatic heterocycles. The summed E-state index contributed by atoms with van der Waals surface area (Å²) in [6.07, 6.45) is 4.38. The summed E-state index contributed by atoms with van der Waals surface area (Å²) in [4.78, 5) is 7.12. The van der Waals surface area contributed by atoms with Gasteiger partial charge in [0, 0.05) is 29.9 Å². The zero-order valence-electron chi connectivity index (χ0n) is 13.0. The maximum atomic E-state index is 4.58. The molecule has 0 amide bonds. The van der Waals surface area contributed by atoms with Crippen molar-refractivity contribution < 1.29 is 0 Å². The van der Waals surface area contributed by atoms with Gasteiger partial charge in [0.25, 0.3) is 0 Å². The van der Waals surface area contributed by atoms with Crippen LogP contribution in [0.3, 0.4) is 0 Å². The Labute approximate surface area is 121 Å². The molecular weight excluding hydrogens is 244 g/mol. The van der Waals surface area contributed by atoms with Gasteiger partial charge in [-0.15, -0.1) is 0 Å². The fourth-order valence-electron chi connectivity index (χ4n) is 3.31. The molecule has 0 unspecified atom stereocenters. The van der Waals surface area contributed by atoms with Crippen LogP contribution in [0.15, 0.2) is 24.4 Å². The molecule has 0 bridgehead atoms. The van der Waals surface area contributed by atoms with Crippen LogP contribution in [0.2, 0.25) is 0 Å². The summed E-state index contributed by atoms with van der Waals surface area (Å²) in [5.41, 5.74) is 5.45. The van der Waals surface area contributed by atoms with E-state index in [-0.39, 0.29) is 0 Å². The van der Waals surface area contributed by atoms with Gasteiger partial charge in [0.15, 0.2) is 0 Å². The maximum absolute atomic E-state index is 4.58. The molecule has 1 aromatic heterocycles. The summed E-state index contributed by atoms with van der Waals surface area (Å²) >= 11 is 0. The Kier molecular flexibility index (Phi) is 3.41. The Hall–Kier alpha value is -1.57. The molecule has 0 saturated carbocycles. The number of anilines is 1. The highest BCUT2D eigenvalue weighted by molar-refractivity contribution is 5.88. The lowest BCUT2D eigenvalue weighted by molar-refractivity contribution is 0.626. The van der Waals surface area contributed by atoms with Gasteiger partial charge in [-0.1, -0.05) is 13.8 Å². The van der Waals surface area contributed by atoms with Crippen LogP contribution in [0.5, 0.6) is 0 Å². The van der Waals surface area contributed by atoms with Crippen molar-refractivity contribution >= 4 is 16.6 Å². The fraction of sp³-hybridized carbons (Fsp3) is 0.500. The highest BCUT2D eigenvalue weighted by Crippen LogP contribution is 2.34. The van der Waals surface area contributed by atoms with Gasteiger partial charge < -0.3 is 4.90 Å². The van der Waals surface area contributed by atoms with E-state index in [1.165, 1.54) is 41.6 Å². The number of aryl methyl sites for hydroxylation is 1. The van der Waals surface area contributed by atoms with Gasteiger partial charge in [-0.2, -0.15) is 0 Å². The Balaban J connectivity index is 2.23. The summed E-state index contributed by atoms with van der Waals surface area (Å²) in [6.45, 7) is 10.3. The van der Waals surface area contributed by atoms with Crippen molar-refractivity contribution in [2.75, 3.05) is 11.4 Å². The number of hydrogen-bond donors (Lipinski definition) is 0. The van der Waals surface area contributed by atoms with Gasteiger partial charge in [0.05, 0.1) is 5.52 Å². The molecule has 2 aromatic rings. The van der Waals surface area contributed by atoms with Gasteiger partial charge >= 0.3 is 0 Å². The molecule has 0 radical (unpaired) electrons. The molecule has 106 valence electrons. The van der Waals surface area contributed by atoms with Gasteiger partial charge in [-0.3, -0.25) is 4.98 Å². The average molecular weight is 268 g/mol. The number of rotatable bonds is 2. The number of benzene rings is 1. The van der Waals surface area contributed by atoms with Crippen molar-refractivity contribution in [1.29, 1.82) is 0 Å². The minimum Gasteiger partial charge on any atom is -0.369 e. The average Bonchev–Trinajstić information content (AvgIpc) is 2.43. The molecule has 0 saturated heterocycles. The van der Waals surface area contributed by atoms with Crippen molar-refractivity contribution in [2.24, 2.45) is 0 Å². The second-order valence-electron chi connectivity index (χ2n) is 6.44. The molecule has 2 heteroatoms. The van der Waals surface area contributed by atoms with Crippen LogP contribution in [-0.4, -0.2) is 17.6 Å². The maximum Gasteiger partial charge on any atom is 0.0709 e. The number of aromatic nitrogens is 1. The minimum absolute atomic E-state index is 0.537. The third-order valence-electron chi connectivity index (χ3n) is 4.38. The first kappa shape index (κ1) is 13.4. The van der Waals surface area contributed by atoms with Crippen molar-refractivity contribution in [1.82, 2.24) is 4.98 Å². The van der Waals surface area contributed by atoms with E-state index in [0.29, 0.717) is 12.0 Å². The minimum atomic E-state index is 0.537. The van der Waals surface area contributed by atoms with E-state index in [1.54, 1.807) is 0 Å². The topological polar surface area (TPSA) is 16.1 Å². The molecule has 20 heavy (non-hydrogen) atoms. The molecule has 2 heterocycles. The van der Waals surface area contributed by atoms with Gasteiger partial charge in [0.1, 0.15) is 0 Å². The first-order valence-corrected chi connectivity index (χ1v) is 7.76. The first-order chi connectivity index (χ1) is 9.58. The molecule has 0 fully saturated rings. The van der Waals surface area contributed by atoms with E-state index >= 15 is 0 Å². The quantitative estimate of drug-likeness (QED) is 0.796. The van der Waals surface area contributed by atoms with Crippen LogP contribution >= 0.6 is 0 Å². The standard InChI is InChI=1S/C18H24N2/c1-12(2)15-7-8-19-17-10-14-6-5-9-20(13(3)4)18(14)11-16(15)17/h7-8,10-13H,5-6,9H2,1-4H3. The molecule has 2 nitrogen and oxygen atoms in total. The van der Waals surface area contributed by atoms with Gasteiger partial charge in [-0.25, -0.2) is 0 Å². The second-order valence-corrected chi connectivity index (χ2v) is 6.44. The summed E-state index contributed by atoms with van der Waals surface area (Å²) in [7, 11) is 0. The van der Waals surface area contributed by atoms with Gasteiger partial charge in [0.2, 0.25) is 0 Å². The zero-order chi connectivity index (χ0) is 14.3. The summed E-state index contributed by atoms with van der Waals surface area (Å²) < 4.78 is 0. The van der Waals surface area contributed by atoms with Crippen LogP contribution in [-0.2, 0) is 6.42 Å². The first-order valence-electron chi connectivity index (χ1n) is 7.76. The third kappa shape index (κ3) is 2.17.